The summed E-state index contributed by atoms with van der Waals surface area (Å²) in [6.07, 6.45) is 5.31. The minimum atomic E-state index is -0.105. The van der Waals surface area contributed by atoms with Gasteiger partial charge in [0.2, 0.25) is 5.91 Å². The molecule has 4 rings (SSSR count). The fraction of sp³-hybridized carbons (Fsp3) is 0.200. The number of pyridine rings is 1. The highest BCUT2D eigenvalue weighted by atomic mass is 32.2. The largest absolute Gasteiger partial charge is 0.324 e. The number of nitrogens with zero attached hydrogens (tertiary/aromatic N) is 5. The molecule has 8 heteroatoms. The van der Waals surface area contributed by atoms with Crippen LogP contribution in [0.3, 0.4) is 0 Å². The number of carbonyl (C=O) groups excluding carboxylic acids is 1. The predicted octanol–water partition coefficient (Wildman–Crippen LogP) is 3.50. The smallest absolute Gasteiger partial charge is 0.234 e. The van der Waals surface area contributed by atoms with E-state index in [0.717, 1.165) is 33.1 Å². The van der Waals surface area contributed by atoms with Gasteiger partial charge in [0, 0.05) is 24.8 Å². The Morgan fingerprint density at radius 1 is 1.21 bits per heavy atom. The van der Waals surface area contributed by atoms with Gasteiger partial charge in [-0.3, -0.25) is 14.0 Å². The third-order valence-corrected chi connectivity index (χ3v) is 5.43. The Hall–Kier alpha value is -3.13. The van der Waals surface area contributed by atoms with Gasteiger partial charge in [-0.05, 0) is 31.5 Å². The summed E-state index contributed by atoms with van der Waals surface area (Å²) in [6, 6.07) is 10.00. The quantitative estimate of drug-likeness (QED) is 0.526. The first-order valence-corrected chi connectivity index (χ1v) is 9.83. The minimum absolute atomic E-state index is 0.105. The average molecular weight is 392 g/mol. The van der Waals surface area contributed by atoms with E-state index in [0.29, 0.717) is 5.69 Å². The van der Waals surface area contributed by atoms with Crippen LogP contribution in [-0.2, 0) is 11.8 Å². The fourth-order valence-corrected chi connectivity index (χ4v) is 3.88. The van der Waals surface area contributed by atoms with Gasteiger partial charge in [-0.15, -0.1) is 0 Å². The third-order valence-electron chi connectivity index (χ3n) is 4.46. The van der Waals surface area contributed by atoms with Gasteiger partial charge in [0.15, 0.2) is 10.8 Å². The van der Waals surface area contributed by atoms with Crippen molar-refractivity contribution in [1.82, 2.24) is 24.3 Å². The number of hydrogen-bond acceptors (Lipinski definition) is 5. The number of amides is 1. The van der Waals surface area contributed by atoms with Crippen LogP contribution in [0.4, 0.5) is 5.69 Å². The molecule has 0 aliphatic rings. The molecule has 0 atom stereocenters. The molecule has 0 aliphatic carbocycles. The number of benzene rings is 1. The average Bonchev–Trinajstić information content (AvgIpc) is 3.25. The molecule has 3 aromatic heterocycles. The van der Waals surface area contributed by atoms with Crippen LogP contribution in [0.2, 0.25) is 0 Å². The lowest BCUT2D eigenvalue weighted by atomic mass is 10.2. The van der Waals surface area contributed by atoms with Crippen LogP contribution in [-0.4, -0.2) is 36.0 Å². The van der Waals surface area contributed by atoms with Crippen LogP contribution in [0.15, 0.2) is 54.1 Å². The van der Waals surface area contributed by atoms with Crippen molar-refractivity contribution >= 4 is 34.4 Å². The molecule has 0 saturated carbocycles. The molecule has 0 unspecified atom stereocenters. The highest BCUT2D eigenvalue weighted by Gasteiger charge is 2.12. The Balaban J connectivity index is 1.45. The van der Waals surface area contributed by atoms with Crippen molar-refractivity contribution in [3.63, 3.8) is 0 Å². The molecule has 0 aliphatic heterocycles. The van der Waals surface area contributed by atoms with Crippen molar-refractivity contribution in [3.05, 3.63) is 60.2 Å². The van der Waals surface area contributed by atoms with Crippen molar-refractivity contribution in [2.24, 2.45) is 7.05 Å². The summed E-state index contributed by atoms with van der Waals surface area (Å²) < 4.78 is 3.73. The molecule has 0 fully saturated rings. The summed E-state index contributed by atoms with van der Waals surface area (Å²) >= 11 is 1.40. The summed E-state index contributed by atoms with van der Waals surface area (Å²) in [5.41, 5.74) is 4.56. The molecule has 0 bridgehead atoms. The number of thioether (sulfide) groups is 1. The number of para-hydroxylation sites is 1. The van der Waals surface area contributed by atoms with E-state index in [4.69, 9.17) is 0 Å². The number of hydrogen-bond donors (Lipinski definition) is 1. The normalized spacial score (nSPS) is 11.1. The van der Waals surface area contributed by atoms with E-state index in [1.807, 2.05) is 49.0 Å². The van der Waals surface area contributed by atoms with Gasteiger partial charge in [0.1, 0.15) is 0 Å². The molecule has 142 valence electrons. The molecule has 0 saturated heterocycles. The molecule has 0 radical (unpaired) electrons. The van der Waals surface area contributed by atoms with Gasteiger partial charge < -0.3 is 5.32 Å². The van der Waals surface area contributed by atoms with Crippen molar-refractivity contribution in [3.8, 4) is 5.69 Å². The SMILES string of the molecule is Cc1ccccc1-n1ccnc1SCC(=O)Nc1cnc2c(c1)c(C)nn2C. The highest BCUT2D eigenvalue weighted by Crippen LogP contribution is 2.23. The minimum Gasteiger partial charge on any atom is -0.324 e. The zero-order valence-electron chi connectivity index (χ0n) is 15.9. The summed E-state index contributed by atoms with van der Waals surface area (Å²) in [5.74, 6) is 0.152. The summed E-state index contributed by atoms with van der Waals surface area (Å²) in [5, 5.41) is 8.97. The number of fused-ring (bicyclic) bond motifs is 1. The van der Waals surface area contributed by atoms with Crippen LogP contribution in [0.1, 0.15) is 11.3 Å². The van der Waals surface area contributed by atoms with E-state index in [1.165, 1.54) is 11.8 Å². The Morgan fingerprint density at radius 2 is 2.04 bits per heavy atom. The van der Waals surface area contributed by atoms with Crippen molar-refractivity contribution in [1.29, 1.82) is 0 Å². The molecular formula is C20H20N6OS. The summed E-state index contributed by atoms with van der Waals surface area (Å²) in [6.45, 7) is 3.98. The molecular weight excluding hydrogens is 372 g/mol. The molecule has 3 heterocycles. The first kappa shape index (κ1) is 18.2. The Labute approximate surface area is 166 Å². The molecule has 0 spiro atoms. The van der Waals surface area contributed by atoms with Crippen molar-refractivity contribution < 1.29 is 4.79 Å². The molecule has 1 aromatic carbocycles. The lowest BCUT2D eigenvalue weighted by molar-refractivity contribution is -0.113. The van der Waals surface area contributed by atoms with Crippen LogP contribution < -0.4 is 5.32 Å². The monoisotopic (exact) mass is 392 g/mol. The number of anilines is 1. The van der Waals surface area contributed by atoms with Crippen LogP contribution in [0, 0.1) is 13.8 Å². The lowest BCUT2D eigenvalue weighted by Gasteiger charge is -2.10. The van der Waals surface area contributed by atoms with Crippen molar-refractivity contribution in [2.75, 3.05) is 11.1 Å². The molecule has 28 heavy (non-hydrogen) atoms. The zero-order valence-corrected chi connectivity index (χ0v) is 16.7. The van der Waals surface area contributed by atoms with Gasteiger partial charge >= 0.3 is 0 Å². The van der Waals surface area contributed by atoms with Gasteiger partial charge in [0.25, 0.3) is 0 Å². The number of aromatic nitrogens is 5. The van der Waals surface area contributed by atoms with Crippen LogP contribution >= 0.6 is 11.8 Å². The highest BCUT2D eigenvalue weighted by molar-refractivity contribution is 7.99. The predicted molar refractivity (Wildman–Crippen MR) is 111 cm³/mol. The Kier molecular flexibility index (Phi) is 4.87. The second-order valence-corrected chi connectivity index (χ2v) is 7.45. The summed E-state index contributed by atoms with van der Waals surface area (Å²) in [7, 11) is 1.85. The van der Waals surface area contributed by atoms with E-state index >= 15 is 0 Å². The van der Waals surface area contributed by atoms with Crippen LogP contribution in [0.5, 0.6) is 0 Å². The van der Waals surface area contributed by atoms with Gasteiger partial charge in [-0.2, -0.15) is 5.10 Å². The van der Waals surface area contributed by atoms with E-state index in [-0.39, 0.29) is 11.7 Å². The molecule has 1 amide bonds. The first-order valence-electron chi connectivity index (χ1n) is 8.84. The number of imidazole rings is 1. The Morgan fingerprint density at radius 3 is 2.86 bits per heavy atom. The number of rotatable bonds is 5. The maximum atomic E-state index is 12.4. The zero-order chi connectivity index (χ0) is 19.7. The molecule has 1 N–H and O–H groups in total. The maximum Gasteiger partial charge on any atom is 0.234 e. The number of nitrogens with one attached hydrogen (secondary N) is 1. The Bertz CT molecular complexity index is 1160. The molecule has 7 nitrogen and oxygen atoms in total. The molecule has 4 aromatic rings. The van der Waals surface area contributed by atoms with E-state index in [2.05, 4.69) is 33.4 Å². The van der Waals surface area contributed by atoms with E-state index in [9.17, 15) is 4.79 Å². The summed E-state index contributed by atoms with van der Waals surface area (Å²) in [4.78, 5) is 21.2. The second-order valence-electron chi connectivity index (χ2n) is 6.51. The first-order chi connectivity index (χ1) is 13.5. The fourth-order valence-electron chi connectivity index (χ4n) is 3.12. The second kappa shape index (κ2) is 7.47. The van der Waals surface area contributed by atoms with Crippen LogP contribution in [0.25, 0.3) is 16.7 Å². The standard InChI is InChI=1S/C20H20N6OS/c1-13-6-4-5-7-17(13)26-9-8-21-20(26)28-12-18(27)23-15-10-16-14(2)24-25(3)19(16)22-11-15/h4-11H,12H2,1-3H3,(H,23,27). The topological polar surface area (TPSA) is 77.6 Å². The van der Waals surface area contributed by atoms with E-state index < -0.39 is 0 Å². The van der Waals surface area contributed by atoms with E-state index in [1.54, 1.807) is 17.1 Å². The third kappa shape index (κ3) is 3.50. The number of carbonyl (C=O) groups is 1. The van der Waals surface area contributed by atoms with Crippen molar-refractivity contribution in [2.45, 2.75) is 19.0 Å². The van der Waals surface area contributed by atoms with Gasteiger partial charge in [-0.1, -0.05) is 30.0 Å². The number of aryl methyl sites for hydroxylation is 3. The van der Waals surface area contributed by atoms with Gasteiger partial charge in [-0.25, -0.2) is 9.97 Å². The van der Waals surface area contributed by atoms with Gasteiger partial charge in [0.05, 0.1) is 29.0 Å². The lowest BCUT2D eigenvalue weighted by Crippen LogP contribution is -2.14. The maximum absolute atomic E-state index is 12.4.